The molecule has 2 atom stereocenters. The number of halogens is 2. The zero-order chi connectivity index (χ0) is 20.5. The molecular formula is C21H18Cl2N4OS. The number of nitrogens with zero attached hydrogens (tertiary/aromatic N) is 3. The molecule has 0 fully saturated rings. The number of hydrogen-bond acceptors (Lipinski definition) is 5. The van der Waals surface area contributed by atoms with Crippen molar-refractivity contribution >= 4 is 64.3 Å². The third kappa shape index (κ3) is 3.92. The molecule has 0 spiro atoms. The van der Waals surface area contributed by atoms with Gasteiger partial charge in [-0.1, -0.05) is 41.4 Å². The second kappa shape index (κ2) is 8.22. The highest BCUT2D eigenvalue weighted by atomic mass is 35.5. The average Bonchev–Trinajstić information content (AvgIpc) is 2.72. The van der Waals surface area contributed by atoms with E-state index in [1.54, 1.807) is 48.1 Å². The van der Waals surface area contributed by atoms with Crippen molar-refractivity contribution in [3.8, 4) is 0 Å². The number of anilines is 1. The van der Waals surface area contributed by atoms with E-state index < -0.39 is 0 Å². The monoisotopic (exact) mass is 444 g/mol. The maximum absolute atomic E-state index is 13.0. The molecule has 2 aliphatic heterocycles. The van der Waals surface area contributed by atoms with Gasteiger partial charge in [-0.3, -0.25) is 4.79 Å². The molecule has 5 nitrogen and oxygen atoms in total. The lowest BCUT2D eigenvalue weighted by Crippen LogP contribution is -2.47. The lowest BCUT2D eigenvalue weighted by molar-refractivity contribution is -0.126. The fourth-order valence-electron chi connectivity index (χ4n) is 3.37. The second-order valence-electron chi connectivity index (χ2n) is 6.67. The Morgan fingerprint density at radius 1 is 1.14 bits per heavy atom. The SMILES string of the molecule is CSc1cccc(NC2=N[C@H]3[C@@H](C=N2)C=C(c2c(Cl)cccc2Cl)C(=O)N3C)c1. The van der Waals surface area contributed by atoms with E-state index in [4.69, 9.17) is 23.2 Å². The first-order valence-electron chi connectivity index (χ1n) is 8.94. The smallest absolute Gasteiger partial charge is 0.255 e. The lowest BCUT2D eigenvalue weighted by atomic mass is 9.92. The van der Waals surface area contributed by atoms with Crippen molar-refractivity contribution in [2.75, 3.05) is 18.6 Å². The molecule has 8 heteroatoms. The summed E-state index contributed by atoms with van der Waals surface area (Å²) >= 11 is 14.3. The van der Waals surface area contributed by atoms with Crippen LogP contribution in [0.1, 0.15) is 5.56 Å². The minimum atomic E-state index is -0.378. The van der Waals surface area contributed by atoms with Crippen LogP contribution in [0.25, 0.3) is 5.57 Å². The number of thioether (sulfide) groups is 1. The number of carbonyl (C=O) groups is 1. The van der Waals surface area contributed by atoms with Crippen LogP contribution in [0.4, 0.5) is 5.69 Å². The summed E-state index contributed by atoms with van der Waals surface area (Å²) in [4.78, 5) is 24.9. The first-order chi connectivity index (χ1) is 14.0. The molecule has 29 heavy (non-hydrogen) atoms. The fraction of sp³-hybridized carbons (Fsp3) is 0.190. The van der Waals surface area contributed by atoms with Gasteiger partial charge in [-0.25, -0.2) is 9.98 Å². The van der Waals surface area contributed by atoms with Crippen LogP contribution in [0.3, 0.4) is 0 Å². The van der Waals surface area contributed by atoms with Crippen LogP contribution in [0.2, 0.25) is 10.0 Å². The first kappa shape index (κ1) is 20.0. The largest absolute Gasteiger partial charge is 0.324 e. The Bertz CT molecular complexity index is 1050. The molecule has 0 aliphatic carbocycles. The zero-order valence-electron chi connectivity index (χ0n) is 15.8. The van der Waals surface area contributed by atoms with Crippen molar-refractivity contribution < 1.29 is 4.79 Å². The molecule has 0 bridgehead atoms. The van der Waals surface area contributed by atoms with E-state index in [1.165, 1.54) is 0 Å². The Morgan fingerprint density at radius 2 is 1.86 bits per heavy atom. The van der Waals surface area contributed by atoms with Gasteiger partial charge in [-0.05, 0) is 36.6 Å². The minimum Gasteiger partial charge on any atom is -0.324 e. The number of amides is 1. The highest BCUT2D eigenvalue weighted by Gasteiger charge is 2.37. The van der Waals surface area contributed by atoms with Crippen molar-refractivity contribution in [2.45, 2.75) is 11.1 Å². The maximum Gasteiger partial charge on any atom is 0.255 e. The van der Waals surface area contributed by atoms with Gasteiger partial charge in [0.15, 0.2) is 0 Å². The number of fused-ring (bicyclic) bond motifs is 1. The molecule has 4 rings (SSSR count). The summed E-state index contributed by atoms with van der Waals surface area (Å²) in [6.07, 6.45) is 5.29. The summed E-state index contributed by atoms with van der Waals surface area (Å²) in [5.74, 6) is 0.129. The topological polar surface area (TPSA) is 57.1 Å². The zero-order valence-corrected chi connectivity index (χ0v) is 18.1. The number of guanidine groups is 1. The highest BCUT2D eigenvalue weighted by Crippen LogP contribution is 2.37. The van der Waals surface area contributed by atoms with Crippen LogP contribution in [0, 0.1) is 5.92 Å². The van der Waals surface area contributed by atoms with Crippen LogP contribution in [0.15, 0.2) is 63.4 Å². The predicted octanol–water partition coefficient (Wildman–Crippen LogP) is 5.07. The van der Waals surface area contributed by atoms with E-state index in [9.17, 15) is 4.79 Å². The van der Waals surface area contributed by atoms with E-state index in [1.807, 2.05) is 36.6 Å². The van der Waals surface area contributed by atoms with Gasteiger partial charge >= 0.3 is 0 Å². The summed E-state index contributed by atoms with van der Waals surface area (Å²) in [5.41, 5.74) is 1.91. The molecule has 0 saturated carbocycles. The molecule has 0 radical (unpaired) electrons. The van der Waals surface area contributed by atoms with Crippen LogP contribution in [-0.2, 0) is 4.79 Å². The summed E-state index contributed by atoms with van der Waals surface area (Å²) in [6, 6.07) is 13.2. The second-order valence-corrected chi connectivity index (χ2v) is 8.37. The molecule has 148 valence electrons. The van der Waals surface area contributed by atoms with E-state index in [0.717, 1.165) is 10.6 Å². The predicted molar refractivity (Wildman–Crippen MR) is 122 cm³/mol. The Labute approximate surface area is 183 Å². The average molecular weight is 445 g/mol. The van der Waals surface area contributed by atoms with Gasteiger partial charge < -0.3 is 10.2 Å². The molecule has 2 aromatic carbocycles. The van der Waals surface area contributed by atoms with E-state index in [0.29, 0.717) is 27.1 Å². The fourth-order valence-corrected chi connectivity index (χ4v) is 4.43. The third-order valence-corrected chi connectivity index (χ3v) is 6.19. The van der Waals surface area contributed by atoms with Crippen LogP contribution < -0.4 is 5.32 Å². The molecule has 2 aromatic rings. The molecule has 1 N–H and O–H groups in total. The van der Waals surface area contributed by atoms with Gasteiger partial charge in [0.25, 0.3) is 5.91 Å². The van der Waals surface area contributed by atoms with Gasteiger partial charge in [0.2, 0.25) is 5.96 Å². The summed E-state index contributed by atoms with van der Waals surface area (Å²) in [6.45, 7) is 0. The van der Waals surface area contributed by atoms with E-state index in [-0.39, 0.29) is 18.0 Å². The third-order valence-electron chi connectivity index (χ3n) is 4.83. The van der Waals surface area contributed by atoms with Gasteiger partial charge in [0.05, 0.1) is 16.0 Å². The van der Waals surface area contributed by atoms with Gasteiger partial charge in [0.1, 0.15) is 6.17 Å². The maximum atomic E-state index is 13.0. The molecule has 1 amide bonds. The number of carbonyl (C=O) groups excluding carboxylic acids is 1. The summed E-state index contributed by atoms with van der Waals surface area (Å²) in [5, 5.41) is 4.10. The van der Waals surface area contributed by atoms with Crippen molar-refractivity contribution in [1.82, 2.24) is 4.90 Å². The van der Waals surface area contributed by atoms with E-state index >= 15 is 0 Å². The Balaban J connectivity index is 1.64. The quantitative estimate of drug-likeness (QED) is 0.672. The standard InChI is InChI=1S/C21H18Cl2N4OS/c1-27-19-12(9-15(20(27)28)18-16(22)7-4-8-17(18)23)11-24-21(26-19)25-13-5-3-6-14(10-13)29-2/h3-12,19H,1-2H3,(H,25,26)/t12-,19-/m1/s1. The normalized spacial score (nSPS) is 20.8. The van der Waals surface area contributed by atoms with Crippen LogP contribution in [0.5, 0.6) is 0 Å². The number of aliphatic imine (C=N–C) groups is 2. The molecule has 2 aliphatic rings. The molecule has 0 unspecified atom stereocenters. The number of benzene rings is 2. The summed E-state index contributed by atoms with van der Waals surface area (Å²) < 4.78 is 0. The number of hydrogen-bond donors (Lipinski definition) is 1. The van der Waals surface area contributed by atoms with Crippen molar-refractivity contribution in [3.05, 3.63) is 64.1 Å². The van der Waals surface area contributed by atoms with Crippen LogP contribution >= 0.6 is 35.0 Å². The van der Waals surface area contributed by atoms with Crippen molar-refractivity contribution in [1.29, 1.82) is 0 Å². The molecule has 0 aromatic heterocycles. The lowest BCUT2D eigenvalue weighted by Gasteiger charge is -2.36. The van der Waals surface area contributed by atoms with Crippen molar-refractivity contribution in [2.24, 2.45) is 15.9 Å². The number of nitrogens with one attached hydrogen (secondary N) is 1. The molecule has 2 heterocycles. The Morgan fingerprint density at radius 3 is 2.59 bits per heavy atom. The van der Waals surface area contributed by atoms with E-state index in [2.05, 4.69) is 15.3 Å². The van der Waals surface area contributed by atoms with Crippen LogP contribution in [-0.4, -0.2) is 42.5 Å². The minimum absolute atomic E-state index is 0.164. The van der Waals surface area contributed by atoms with Gasteiger partial charge in [0, 0.05) is 35.0 Å². The molecular weight excluding hydrogens is 427 g/mol. The number of rotatable bonds is 3. The first-order valence-corrected chi connectivity index (χ1v) is 10.9. The van der Waals surface area contributed by atoms with Crippen molar-refractivity contribution in [3.63, 3.8) is 0 Å². The Kier molecular flexibility index (Phi) is 5.67. The Hall–Kier alpha value is -2.28. The van der Waals surface area contributed by atoms with Gasteiger partial charge in [-0.15, -0.1) is 11.8 Å². The highest BCUT2D eigenvalue weighted by molar-refractivity contribution is 7.98. The summed E-state index contributed by atoms with van der Waals surface area (Å²) in [7, 11) is 1.73. The number of likely N-dealkylation sites (N-methyl/N-ethyl adjacent to an activating group) is 1. The molecule has 0 saturated heterocycles. The van der Waals surface area contributed by atoms with Gasteiger partial charge in [-0.2, -0.15) is 0 Å².